The molecule has 2 aromatic rings. The van der Waals surface area contributed by atoms with Crippen molar-refractivity contribution in [3.05, 3.63) is 70.9 Å². The lowest BCUT2D eigenvalue weighted by Crippen LogP contribution is -2.49. The summed E-state index contributed by atoms with van der Waals surface area (Å²) in [7, 11) is 0. The summed E-state index contributed by atoms with van der Waals surface area (Å²) in [5.41, 5.74) is 0.218. The number of allylic oxidation sites excluding steroid dienone is 2. The standard InChI is InChI=1S/C27H33F6N3O2/c1-4-20(29)22(23(31)17(3)38-12-11-34-10-6-9-28)26-25-19(18-7-5-8-21(30)24(18)35-25)13-16(2)36(26)14-27(32,33)15-37/h4-5,7-8,16,26,34-35,37H,3,6,9-15H2,1-2H3/b20-4+,23-22-/t16-,26-/m1/s1. The third-order valence-corrected chi connectivity index (χ3v) is 6.55. The highest BCUT2D eigenvalue weighted by Gasteiger charge is 2.44. The highest BCUT2D eigenvalue weighted by Crippen LogP contribution is 2.46. The number of aliphatic hydroxyl groups excluding tert-OH is 1. The summed E-state index contributed by atoms with van der Waals surface area (Å²) in [6.45, 7) is 4.12. The summed E-state index contributed by atoms with van der Waals surface area (Å²) in [6, 6.07) is 2.28. The Balaban J connectivity index is 2.12. The number of aliphatic hydroxyl groups is 1. The van der Waals surface area contributed by atoms with Crippen LogP contribution in [-0.4, -0.2) is 66.5 Å². The molecule has 0 amide bonds. The van der Waals surface area contributed by atoms with E-state index in [1.54, 1.807) is 13.0 Å². The number of aromatic amines is 1. The SMILES string of the molecule is C=C(OCCNCCCF)/C(F)=C(\C(F)=C/C)[C@@H]1c2[nH]c3c(F)cccc3c2C[C@@H](C)N1CC(F)(F)CO. The number of halogens is 6. The second-order valence-corrected chi connectivity index (χ2v) is 9.25. The number of hydrogen-bond acceptors (Lipinski definition) is 4. The van der Waals surface area contributed by atoms with Crippen molar-refractivity contribution >= 4 is 10.9 Å². The average molecular weight is 546 g/mol. The molecule has 1 aliphatic rings. The predicted molar refractivity (Wildman–Crippen MR) is 134 cm³/mol. The van der Waals surface area contributed by atoms with E-state index < -0.39 is 66.6 Å². The molecule has 0 spiro atoms. The first-order valence-electron chi connectivity index (χ1n) is 12.4. The van der Waals surface area contributed by atoms with Crippen molar-refractivity contribution in [1.82, 2.24) is 15.2 Å². The van der Waals surface area contributed by atoms with E-state index in [0.717, 1.165) is 6.08 Å². The Kier molecular flexibility index (Phi) is 10.1. The fourth-order valence-corrected chi connectivity index (χ4v) is 4.71. The molecule has 0 unspecified atom stereocenters. The van der Waals surface area contributed by atoms with Crippen molar-refractivity contribution in [2.75, 3.05) is 39.5 Å². The van der Waals surface area contributed by atoms with Gasteiger partial charge < -0.3 is 20.1 Å². The van der Waals surface area contributed by atoms with Crippen molar-refractivity contribution in [3.8, 4) is 0 Å². The molecule has 1 aromatic carbocycles. The second-order valence-electron chi connectivity index (χ2n) is 9.25. The summed E-state index contributed by atoms with van der Waals surface area (Å²) < 4.78 is 92.5. The number of para-hydroxylation sites is 1. The lowest BCUT2D eigenvalue weighted by atomic mass is 9.87. The zero-order chi connectivity index (χ0) is 28.0. The highest BCUT2D eigenvalue weighted by molar-refractivity contribution is 5.86. The summed E-state index contributed by atoms with van der Waals surface area (Å²) in [4.78, 5) is 4.07. The first-order chi connectivity index (χ1) is 18.1. The fourth-order valence-electron chi connectivity index (χ4n) is 4.71. The first kappa shape index (κ1) is 29.8. The molecule has 3 rings (SSSR count). The first-order valence-corrected chi connectivity index (χ1v) is 12.4. The van der Waals surface area contributed by atoms with Gasteiger partial charge in [-0.15, -0.1) is 0 Å². The van der Waals surface area contributed by atoms with Crippen molar-refractivity contribution in [3.63, 3.8) is 0 Å². The van der Waals surface area contributed by atoms with Gasteiger partial charge in [-0.3, -0.25) is 9.29 Å². The van der Waals surface area contributed by atoms with Crippen LogP contribution in [0, 0.1) is 5.82 Å². The van der Waals surface area contributed by atoms with Crippen LogP contribution in [0.4, 0.5) is 26.3 Å². The van der Waals surface area contributed by atoms with Gasteiger partial charge in [-0.25, -0.2) is 22.0 Å². The summed E-state index contributed by atoms with van der Waals surface area (Å²) >= 11 is 0. The van der Waals surface area contributed by atoms with Crippen LogP contribution in [0.25, 0.3) is 10.9 Å². The molecule has 0 saturated heterocycles. The molecule has 210 valence electrons. The maximum absolute atomic E-state index is 15.9. The molecule has 0 radical (unpaired) electrons. The van der Waals surface area contributed by atoms with E-state index in [4.69, 9.17) is 4.74 Å². The number of nitrogens with one attached hydrogen (secondary N) is 2. The smallest absolute Gasteiger partial charge is 0.283 e. The zero-order valence-electron chi connectivity index (χ0n) is 21.4. The molecule has 1 aliphatic heterocycles. The van der Waals surface area contributed by atoms with E-state index >= 15 is 8.78 Å². The summed E-state index contributed by atoms with van der Waals surface area (Å²) in [5.74, 6) is -6.91. The minimum atomic E-state index is -3.58. The van der Waals surface area contributed by atoms with Crippen molar-refractivity contribution in [2.45, 2.75) is 44.7 Å². The molecule has 2 atom stereocenters. The van der Waals surface area contributed by atoms with Gasteiger partial charge in [0.25, 0.3) is 5.92 Å². The lowest BCUT2D eigenvalue weighted by molar-refractivity contribution is -0.0869. The predicted octanol–water partition coefficient (Wildman–Crippen LogP) is 5.80. The number of ether oxygens (including phenoxy) is 1. The van der Waals surface area contributed by atoms with Crippen LogP contribution in [0.5, 0.6) is 0 Å². The largest absolute Gasteiger partial charge is 0.490 e. The van der Waals surface area contributed by atoms with Gasteiger partial charge in [-0.05, 0) is 44.9 Å². The van der Waals surface area contributed by atoms with Crippen LogP contribution in [0.3, 0.4) is 0 Å². The van der Waals surface area contributed by atoms with Crippen LogP contribution in [0.2, 0.25) is 0 Å². The lowest BCUT2D eigenvalue weighted by Gasteiger charge is -2.42. The van der Waals surface area contributed by atoms with Gasteiger partial charge >= 0.3 is 0 Å². The topological polar surface area (TPSA) is 60.5 Å². The molecule has 5 nitrogen and oxygen atoms in total. The van der Waals surface area contributed by atoms with Gasteiger partial charge in [-0.2, -0.15) is 0 Å². The molecule has 0 saturated carbocycles. The number of aromatic nitrogens is 1. The Bertz CT molecular complexity index is 1190. The second kappa shape index (κ2) is 12.9. The normalized spacial score (nSPS) is 19.4. The summed E-state index contributed by atoms with van der Waals surface area (Å²) in [6.07, 6.45) is 1.49. The Morgan fingerprint density at radius 2 is 2.05 bits per heavy atom. The zero-order valence-corrected chi connectivity index (χ0v) is 21.4. The minimum Gasteiger partial charge on any atom is -0.490 e. The monoisotopic (exact) mass is 545 g/mol. The Morgan fingerprint density at radius 1 is 1.32 bits per heavy atom. The molecular formula is C27H33F6N3O2. The molecule has 0 aliphatic carbocycles. The molecular weight excluding hydrogens is 512 g/mol. The van der Waals surface area contributed by atoms with Crippen LogP contribution in [-0.2, 0) is 11.2 Å². The minimum absolute atomic E-state index is 0.0561. The molecule has 3 N–H and O–H groups in total. The van der Waals surface area contributed by atoms with Gasteiger partial charge in [0.2, 0.25) is 0 Å². The molecule has 38 heavy (non-hydrogen) atoms. The van der Waals surface area contributed by atoms with Gasteiger partial charge in [0.05, 0.1) is 30.4 Å². The van der Waals surface area contributed by atoms with E-state index in [-0.39, 0.29) is 30.8 Å². The van der Waals surface area contributed by atoms with Crippen LogP contribution < -0.4 is 5.32 Å². The number of hydrogen-bond donors (Lipinski definition) is 3. The Hall–Kier alpha value is -2.76. The number of H-pyrrole nitrogens is 1. The third-order valence-electron chi connectivity index (χ3n) is 6.55. The van der Waals surface area contributed by atoms with Crippen LogP contribution >= 0.6 is 0 Å². The number of nitrogens with zero attached hydrogens (tertiary/aromatic N) is 1. The maximum Gasteiger partial charge on any atom is 0.283 e. The van der Waals surface area contributed by atoms with Gasteiger partial charge in [0.15, 0.2) is 5.83 Å². The van der Waals surface area contributed by atoms with Gasteiger partial charge in [-0.1, -0.05) is 24.8 Å². The fraction of sp³-hybridized carbons (Fsp3) is 0.481. The van der Waals surface area contributed by atoms with Crippen molar-refractivity contribution in [1.29, 1.82) is 0 Å². The van der Waals surface area contributed by atoms with E-state index in [9.17, 15) is 22.7 Å². The van der Waals surface area contributed by atoms with E-state index in [1.807, 2.05) is 0 Å². The van der Waals surface area contributed by atoms with Crippen molar-refractivity contribution < 1.29 is 36.2 Å². The molecule has 1 aromatic heterocycles. The molecule has 0 bridgehead atoms. The van der Waals surface area contributed by atoms with E-state index in [1.165, 1.54) is 24.0 Å². The Labute approximate surface area is 217 Å². The van der Waals surface area contributed by atoms with Crippen molar-refractivity contribution in [2.24, 2.45) is 0 Å². The van der Waals surface area contributed by atoms with Gasteiger partial charge in [0.1, 0.15) is 30.6 Å². The quantitative estimate of drug-likeness (QED) is 0.129. The molecule has 0 fully saturated rings. The average Bonchev–Trinajstić information content (AvgIpc) is 3.26. The number of fused-ring (bicyclic) bond motifs is 3. The number of rotatable bonds is 13. The highest BCUT2D eigenvalue weighted by atomic mass is 19.3. The number of alkyl halides is 3. The molecule has 2 heterocycles. The van der Waals surface area contributed by atoms with E-state index in [0.29, 0.717) is 23.9 Å². The van der Waals surface area contributed by atoms with Crippen LogP contribution in [0.1, 0.15) is 37.6 Å². The third kappa shape index (κ3) is 6.44. The number of benzene rings is 1. The Morgan fingerprint density at radius 3 is 2.71 bits per heavy atom. The van der Waals surface area contributed by atoms with E-state index in [2.05, 4.69) is 16.9 Å². The maximum atomic E-state index is 15.9. The van der Waals surface area contributed by atoms with Gasteiger partial charge in [0, 0.05) is 23.7 Å². The van der Waals surface area contributed by atoms with Crippen LogP contribution in [0.15, 0.2) is 53.8 Å². The summed E-state index contributed by atoms with van der Waals surface area (Å²) in [5, 5.41) is 12.6. The molecule has 11 heteroatoms.